The summed E-state index contributed by atoms with van der Waals surface area (Å²) in [7, 11) is 0. The molecule has 1 unspecified atom stereocenters. The second-order valence-electron chi connectivity index (χ2n) is 12.0. The largest absolute Gasteiger partial charge is 0.456 e. The molecule has 4 heterocycles. The number of hydrogen-bond donors (Lipinski definition) is 1. The summed E-state index contributed by atoms with van der Waals surface area (Å²) in [6.07, 6.45) is 14.5. The zero-order valence-corrected chi connectivity index (χ0v) is 24.4. The average molecular weight is 566 g/mol. The zero-order valence-electron chi connectivity index (χ0n) is 24.4. The number of anilines is 1. The fourth-order valence-electron chi connectivity index (χ4n) is 6.51. The molecule has 2 N–H and O–H groups in total. The Hall–Kier alpha value is -4.27. The number of hydrogen-bond acceptors (Lipinski definition) is 7. The van der Waals surface area contributed by atoms with E-state index in [0.717, 1.165) is 56.6 Å². The van der Waals surface area contributed by atoms with Crippen molar-refractivity contribution in [2.75, 3.05) is 18.8 Å². The molecule has 218 valence electrons. The summed E-state index contributed by atoms with van der Waals surface area (Å²) in [6, 6.07) is 13.6. The van der Waals surface area contributed by atoms with Gasteiger partial charge >= 0.3 is 0 Å². The van der Waals surface area contributed by atoms with Gasteiger partial charge in [-0.25, -0.2) is 14.6 Å². The van der Waals surface area contributed by atoms with Crippen LogP contribution in [0.2, 0.25) is 0 Å². The van der Waals surface area contributed by atoms with Crippen LogP contribution in [0.1, 0.15) is 64.8 Å². The summed E-state index contributed by atoms with van der Waals surface area (Å²) in [5.74, 6) is 2.62. The standard InChI is InChI=1S/C33H39N7O2/c1-3-9-23(2)10-7-8-13-28(41)39-17-16-33(21-39)18-24(19-33)40-32-29(31(34)36-22-37-32)30(38-40)27-15-14-26(20-35-27)42-25-11-5-4-6-12-25/h4-6,8,11-15,20,22-24H,3,7,9-10,16-19,21H2,1-2H3,(H2,34,36,37)/b13-8+/t23?,24-,33+. The number of carbonyl (C=O) groups is 1. The molecule has 9 nitrogen and oxygen atoms in total. The van der Waals surface area contributed by atoms with E-state index in [2.05, 4.69) is 34.9 Å². The molecule has 6 rings (SSSR count). The lowest BCUT2D eigenvalue weighted by atomic mass is 9.65. The van der Waals surface area contributed by atoms with Gasteiger partial charge in [0.2, 0.25) is 5.91 Å². The maximum Gasteiger partial charge on any atom is 0.246 e. The van der Waals surface area contributed by atoms with E-state index in [0.29, 0.717) is 34.3 Å². The first-order valence-electron chi connectivity index (χ1n) is 15.1. The number of amides is 1. The van der Waals surface area contributed by atoms with Crippen LogP contribution in [-0.2, 0) is 4.79 Å². The first kappa shape index (κ1) is 27.9. The molecule has 1 aliphatic heterocycles. The number of ether oxygens (including phenoxy) is 1. The Morgan fingerprint density at radius 1 is 1.12 bits per heavy atom. The van der Waals surface area contributed by atoms with Gasteiger partial charge in [-0.2, -0.15) is 5.10 Å². The van der Waals surface area contributed by atoms with E-state index in [9.17, 15) is 4.79 Å². The molecule has 0 bridgehead atoms. The van der Waals surface area contributed by atoms with Gasteiger partial charge in [0, 0.05) is 13.1 Å². The Balaban J connectivity index is 1.13. The summed E-state index contributed by atoms with van der Waals surface area (Å²) < 4.78 is 7.90. The highest BCUT2D eigenvalue weighted by Gasteiger charge is 2.50. The van der Waals surface area contributed by atoms with Gasteiger partial charge in [-0.3, -0.25) is 9.78 Å². The van der Waals surface area contributed by atoms with Crippen molar-refractivity contribution in [3.63, 3.8) is 0 Å². The minimum Gasteiger partial charge on any atom is -0.456 e. The summed E-state index contributed by atoms with van der Waals surface area (Å²) in [5, 5.41) is 5.69. The second kappa shape index (κ2) is 11.9. The van der Waals surface area contributed by atoms with E-state index in [1.54, 1.807) is 12.3 Å². The molecule has 1 aromatic carbocycles. The van der Waals surface area contributed by atoms with Crippen molar-refractivity contribution in [3.05, 3.63) is 67.1 Å². The monoisotopic (exact) mass is 565 g/mol. The number of benzene rings is 1. The normalized spacial score (nSPS) is 20.8. The van der Waals surface area contributed by atoms with Crippen LogP contribution in [0.15, 0.2) is 67.1 Å². The van der Waals surface area contributed by atoms with Crippen molar-refractivity contribution >= 4 is 22.8 Å². The molecule has 1 atom stereocenters. The van der Waals surface area contributed by atoms with Gasteiger partial charge in [0.1, 0.15) is 29.3 Å². The SMILES string of the molecule is CCCC(C)CC/C=C/C(=O)N1CC[C@]2(C1)C[C@@H](n1nc(-c3ccc(Oc4ccccc4)cn3)c3c(N)ncnc31)C2. The van der Waals surface area contributed by atoms with E-state index in [1.165, 1.54) is 19.2 Å². The molecule has 3 aromatic heterocycles. The number of fused-ring (bicyclic) bond motifs is 1. The van der Waals surface area contributed by atoms with Gasteiger partial charge in [-0.05, 0) is 73.8 Å². The number of aromatic nitrogens is 5. The van der Waals surface area contributed by atoms with Gasteiger partial charge in [0.25, 0.3) is 0 Å². The molecule has 1 saturated carbocycles. The highest BCUT2D eigenvalue weighted by molar-refractivity contribution is 5.97. The van der Waals surface area contributed by atoms with Crippen molar-refractivity contribution < 1.29 is 9.53 Å². The second-order valence-corrected chi connectivity index (χ2v) is 12.0. The molecular weight excluding hydrogens is 526 g/mol. The lowest BCUT2D eigenvalue weighted by Gasteiger charge is -2.45. The van der Waals surface area contributed by atoms with Crippen LogP contribution in [0.5, 0.6) is 11.5 Å². The summed E-state index contributed by atoms with van der Waals surface area (Å²) in [5.41, 5.74) is 8.54. The topological polar surface area (TPSA) is 112 Å². The highest BCUT2D eigenvalue weighted by atomic mass is 16.5. The number of nitrogens with zero attached hydrogens (tertiary/aromatic N) is 6. The molecular formula is C33H39N7O2. The molecule has 1 amide bonds. The predicted octanol–water partition coefficient (Wildman–Crippen LogP) is 6.59. The molecule has 1 aliphatic carbocycles. The van der Waals surface area contributed by atoms with Crippen molar-refractivity contribution in [3.8, 4) is 22.9 Å². The molecule has 4 aromatic rings. The Labute approximate surface area is 246 Å². The average Bonchev–Trinajstić information content (AvgIpc) is 3.60. The Bertz CT molecular complexity index is 1560. The fraction of sp³-hybridized carbons (Fsp3) is 0.424. The van der Waals surface area contributed by atoms with Crippen molar-refractivity contribution in [1.82, 2.24) is 29.6 Å². The molecule has 1 saturated heterocycles. The van der Waals surface area contributed by atoms with Crippen molar-refractivity contribution in [2.24, 2.45) is 11.3 Å². The number of para-hydroxylation sites is 1. The van der Waals surface area contributed by atoms with Crippen molar-refractivity contribution in [2.45, 2.75) is 64.8 Å². The Kier molecular flexibility index (Phi) is 7.91. The number of nitrogens with two attached hydrogens (primary N) is 1. The van der Waals surface area contributed by atoms with Crippen LogP contribution in [0.25, 0.3) is 22.4 Å². The molecule has 9 heteroatoms. The smallest absolute Gasteiger partial charge is 0.246 e. The van der Waals surface area contributed by atoms with Crippen LogP contribution in [0.4, 0.5) is 5.82 Å². The number of pyridine rings is 1. The quantitative estimate of drug-likeness (QED) is 0.216. The summed E-state index contributed by atoms with van der Waals surface area (Å²) in [4.78, 5) is 28.3. The van der Waals surface area contributed by atoms with Gasteiger partial charge in [0.05, 0.1) is 23.3 Å². The lowest BCUT2D eigenvalue weighted by molar-refractivity contribution is -0.125. The molecule has 42 heavy (non-hydrogen) atoms. The maximum atomic E-state index is 12.9. The van der Waals surface area contributed by atoms with Crippen molar-refractivity contribution in [1.29, 1.82) is 0 Å². The van der Waals surface area contributed by atoms with E-state index in [1.807, 2.05) is 52.0 Å². The van der Waals surface area contributed by atoms with Crippen LogP contribution < -0.4 is 10.5 Å². The number of nitrogen functional groups attached to an aromatic ring is 1. The Morgan fingerprint density at radius 3 is 2.71 bits per heavy atom. The minimum atomic E-state index is 0.134. The Morgan fingerprint density at radius 2 is 1.95 bits per heavy atom. The first-order valence-corrected chi connectivity index (χ1v) is 15.1. The molecule has 1 spiro atoms. The third-order valence-corrected chi connectivity index (χ3v) is 8.78. The third-order valence-electron chi connectivity index (χ3n) is 8.78. The predicted molar refractivity (Wildman–Crippen MR) is 164 cm³/mol. The number of likely N-dealkylation sites (tertiary alicyclic amines) is 1. The van der Waals surface area contributed by atoms with Crippen LogP contribution in [0.3, 0.4) is 0 Å². The van der Waals surface area contributed by atoms with Gasteiger partial charge in [0.15, 0.2) is 5.65 Å². The van der Waals surface area contributed by atoms with Crippen LogP contribution in [0, 0.1) is 11.3 Å². The fourth-order valence-corrected chi connectivity index (χ4v) is 6.51. The van der Waals surface area contributed by atoms with Gasteiger partial charge < -0.3 is 15.4 Å². The number of rotatable bonds is 10. The summed E-state index contributed by atoms with van der Waals surface area (Å²) in [6.45, 7) is 6.12. The highest BCUT2D eigenvalue weighted by Crippen LogP contribution is 2.54. The van der Waals surface area contributed by atoms with E-state index >= 15 is 0 Å². The minimum absolute atomic E-state index is 0.134. The number of carbonyl (C=O) groups excluding carboxylic acids is 1. The summed E-state index contributed by atoms with van der Waals surface area (Å²) >= 11 is 0. The molecule has 2 aliphatic rings. The van der Waals surface area contributed by atoms with Crippen LogP contribution in [-0.4, -0.2) is 48.6 Å². The lowest BCUT2D eigenvalue weighted by Crippen LogP contribution is -2.42. The van der Waals surface area contributed by atoms with Gasteiger partial charge in [-0.1, -0.05) is 51.0 Å². The van der Waals surface area contributed by atoms with E-state index < -0.39 is 0 Å². The van der Waals surface area contributed by atoms with Crippen LogP contribution >= 0.6 is 0 Å². The molecule has 0 radical (unpaired) electrons. The maximum absolute atomic E-state index is 12.9. The van der Waals surface area contributed by atoms with E-state index in [-0.39, 0.29) is 17.4 Å². The first-order chi connectivity index (χ1) is 20.4. The molecule has 2 fully saturated rings. The number of allylic oxidation sites excluding steroid dienone is 1. The van der Waals surface area contributed by atoms with Gasteiger partial charge in [-0.15, -0.1) is 0 Å². The third kappa shape index (κ3) is 5.73. The van der Waals surface area contributed by atoms with E-state index in [4.69, 9.17) is 15.6 Å². The zero-order chi connectivity index (χ0) is 29.1.